The van der Waals surface area contributed by atoms with E-state index in [4.69, 9.17) is 4.74 Å². The molecule has 0 saturated carbocycles. The lowest BCUT2D eigenvalue weighted by atomic mass is 10.0. The Bertz CT molecular complexity index is 456. The summed E-state index contributed by atoms with van der Waals surface area (Å²) < 4.78 is 6.65. The van der Waals surface area contributed by atoms with Gasteiger partial charge in [-0.1, -0.05) is 22.9 Å². The number of halogens is 1. The number of hydrogen-bond acceptors (Lipinski definition) is 4. The number of nitrogens with one attached hydrogen (secondary N) is 1. The van der Waals surface area contributed by atoms with E-state index >= 15 is 0 Å². The van der Waals surface area contributed by atoms with Crippen molar-refractivity contribution < 1.29 is 9.84 Å². The highest BCUT2D eigenvalue weighted by molar-refractivity contribution is 9.10. The third-order valence-electron chi connectivity index (χ3n) is 3.84. The smallest absolute Gasteiger partial charge is 0.0980 e. The zero-order valence-electron chi connectivity index (χ0n) is 12.8. The van der Waals surface area contributed by atoms with Crippen molar-refractivity contribution in [2.75, 3.05) is 37.7 Å². The van der Waals surface area contributed by atoms with Gasteiger partial charge in [-0.2, -0.15) is 0 Å². The molecular weight excluding hydrogens is 332 g/mol. The number of anilines is 1. The molecule has 1 aromatic rings. The molecule has 2 rings (SSSR count). The number of benzene rings is 1. The lowest BCUT2D eigenvalue weighted by Gasteiger charge is -2.36. The summed E-state index contributed by atoms with van der Waals surface area (Å²) in [5.41, 5.74) is 2.52. The van der Waals surface area contributed by atoms with Gasteiger partial charge in [0.2, 0.25) is 0 Å². The number of aliphatic hydroxyl groups is 1. The fraction of sp³-hybridized carbons (Fsp3) is 0.625. The van der Waals surface area contributed by atoms with Crippen LogP contribution in [0.3, 0.4) is 0 Å². The lowest BCUT2D eigenvalue weighted by Crippen LogP contribution is -2.44. The summed E-state index contributed by atoms with van der Waals surface area (Å²) in [6.07, 6.45) is 1.03. The third kappa shape index (κ3) is 4.42. The predicted octanol–water partition coefficient (Wildman–Crippen LogP) is 2.71. The first-order valence-electron chi connectivity index (χ1n) is 7.66. The van der Waals surface area contributed by atoms with Crippen LogP contribution in [0.1, 0.15) is 31.9 Å². The van der Waals surface area contributed by atoms with Gasteiger partial charge in [-0.15, -0.1) is 0 Å². The van der Waals surface area contributed by atoms with Crippen molar-refractivity contribution in [1.82, 2.24) is 5.32 Å². The highest BCUT2D eigenvalue weighted by Gasteiger charge is 2.23. The monoisotopic (exact) mass is 356 g/mol. The molecule has 1 heterocycles. The quantitative estimate of drug-likeness (QED) is 0.822. The van der Waals surface area contributed by atoms with Crippen LogP contribution in [0.25, 0.3) is 0 Å². The fourth-order valence-corrected chi connectivity index (χ4v) is 3.06. The van der Waals surface area contributed by atoms with Crippen LogP contribution >= 0.6 is 15.9 Å². The molecule has 1 aromatic carbocycles. The third-order valence-corrected chi connectivity index (χ3v) is 4.33. The molecule has 1 aliphatic heterocycles. The number of aliphatic hydroxyl groups excluding tert-OH is 1. The highest BCUT2D eigenvalue weighted by atomic mass is 79.9. The van der Waals surface area contributed by atoms with Crippen LogP contribution in [0.5, 0.6) is 0 Å². The van der Waals surface area contributed by atoms with Crippen LogP contribution in [0.2, 0.25) is 0 Å². The molecule has 1 aliphatic rings. The van der Waals surface area contributed by atoms with E-state index < -0.39 is 0 Å². The molecule has 0 spiro atoms. The number of ether oxygens (including phenoxy) is 1. The van der Waals surface area contributed by atoms with Crippen LogP contribution in [0.4, 0.5) is 5.69 Å². The van der Waals surface area contributed by atoms with Gasteiger partial charge in [0.15, 0.2) is 0 Å². The molecular formula is C16H25BrN2O2. The second-order valence-corrected chi connectivity index (χ2v) is 6.42. The Kier molecular flexibility index (Phi) is 6.48. The summed E-state index contributed by atoms with van der Waals surface area (Å²) in [5, 5.41) is 12.9. The van der Waals surface area contributed by atoms with Crippen molar-refractivity contribution in [3.63, 3.8) is 0 Å². The Morgan fingerprint density at radius 2 is 2.33 bits per heavy atom. The second kappa shape index (κ2) is 8.13. The molecule has 118 valence electrons. The molecule has 0 aromatic heterocycles. The number of rotatable bonds is 6. The van der Waals surface area contributed by atoms with Gasteiger partial charge in [0.1, 0.15) is 0 Å². The number of morpholine rings is 1. The average Bonchev–Trinajstić information content (AvgIpc) is 2.52. The topological polar surface area (TPSA) is 44.7 Å². The van der Waals surface area contributed by atoms with E-state index in [2.05, 4.69) is 58.2 Å². The Balaban J connectivity index is 2.21. The zero-order valence-corrected chi connectivity index (χ0v) is 14.4. The zero-order chi connectivity index (χ0) is 15.2. The second-order valence-electron chi connectivity index (χ2n) is 5.50. The minimum atomic E-state index is -0.0887. The molecule has 21 heavy (non-hydrogen) atoms. The highest BCUT2D eigenvalue weighted by Crippen LogP contribution is 2.30. The van der Waals surface area contributed by atoms with E-state index in [9.17, 15) is 5.11 Å². The maximum absolute atomic E-state index is 9.32. The van der Waals surface area contributed by atoms with Crippen molar-refractivity contribution in [3.8, 4) is 0 Å². The van der Waals surface area contributed by atoms with Crippen molar-refractivity contribution in [3.05, 3.63) is 28.2 Å². The Morgan fingerprint density at radius 3 is 3.05 bits per heavy atom. The molecule has 2 unspecified atom stereocenters. The summed E-state index contributed by atoms with van der Waals surface area (Å²) in [7, 11) is 0. The maximum Gasteiger partial charge on any atom is 0.0980 e. The van der Waals surface area contributed by atoms with Gasteiger partial charge in [-0.05, 0) is 43.7 Å². The van der Waals surface area contributed by atoms with Crippen molar-refractivity contribution in [1.29, 1.82) is 0 Å². The van der Waals surface area contributed by atoms with E-state index in [1.165, 1.54) is 11.3 Å². The lowest BCUT2D eigenvalue weighted by molar-refractivity contribution is 0.00351. The first kappa shape index (κ1) is 16.7. The van der Waals surface area contributed by atoms with Gasteiger partial charge in [0, 0.05) is 29.3 Å². The predicted molar refractivity (Wildman–Crippen MR) is 89.9 cm³/mol. The number of hydrogen-bond donors (Lipinski definition) is 2. The Labute approximate surface area is 135 Å². The SMILES string of the molecule is CCCNC(C)c1cc(Br)ccc1N1CCOC(CO)C1. The summed E-state index contributed by atoms with van der Waals surface area (Å²) in [6, 6.07) is 6.72. The van der Waals surface area contributed by atoms with Crippen LogP contribution in [-0.2, 0) is 4.74 Å². The van der Waals surface area contributed by atoms with Crippen molar-refractivity contribution in [2.45, 2.75) is 32.4 Å². The van der Waals surface area contributed by atoms with Crippen molar-refractivity contribution in [2.24, 2.45) is 0 Å². The number of nitrogens with zero attached hydrogens (tertiary/aromatic N) is 1. The van der Waals surface area contributed by atoms with Gasteiger partial charge in [-0.25, -0.2) is 0 Å². The van der Waals surface area contributed by atoms with Gasteiger partial charge in [-0.3, -0.25) is 0 Å². The molecule has 1 saturated heterocycles. The summed E-state index contributed by atoms with van der Waals surface area (Å²) in [4.78, 5) is 2.32. The van der Waals surface area contributed by atoms with Gasteiger partial charge in [0.05, 0.1) is 19.3 Å². The molecule has 0 bridgehead atoms. The van der Waals surface area contributed by atoms with Crippen molar-refractivity contribution >= 4 is 21.6 Å². The maximum atomic E-state index is 9.32. The Hall–Kier alpha value is -0.620. The molecule has 0 radical (unpaired) electrons. The average molecular weight is 357 g/mol. The molecule has 2 N–H and O–H groups in total. The van der Waals surface area contributed by atoms with E-state index in [1.54, 1.807) is 0 Å². The Morgan fingerprint density at radius 1 is 1.52 bits per heavy atom. The van der Waals surface area contributed by atoms with Crippen LogP contribution in [0.15, 0.2) is 22.7 Å². The molecule has 5 heteroatoms. The minimum absolute atomic E-state index is 0.0754. The summed E-state index contributed by atoms with van der Waals surface area (Å²) in [5.74, 6) is 0. The first-order valence-corrected chi connectivity index (χ1v) is 8.45. The van der Waals surface area contributed by atoms with Crippen LogP contribution in [0, 0.1) is 0 Å². The van der Waals surface area contributed by atoms with E-state index in [0.717, 1.165) is 30.5 Å². The van der Waals surface area contributed by atoms with E-state index in [-0.39, 0.29) is 12.7 Å². The largest absolute Gasteiger partial charge is 0.394 e. The standard InChI is InChI=1S/C16H25BrN2O2/c1-3-6-18-12(2)15-9-13(17)4-5-16(15)19-7-8-21-14(10-19)11-20/h4-5,9,12,14,18,20H,3,6-8,10-11H2,1-2H3. The van der Waals surface area contributed by atoms with E-state index in [1.807, 2.05) is 0 Å². The summed E-state index contributed by atoms with van der Waals surface area (Å²) >= 11 is 3.57. The van der Waals surface area contributed by atoms with Crippen LogP contribution < -0.4 is 10.2 Å². The molecule has 2 atom stereocenters. The van der Waals surface area contributed by atoms with Gasteiger partial charge >= 0.3 is 0 Å². The molecule has 1 fully saturated rings. The van der Waals surface area contributed by atoms with E-state index in [0.29, 0.717) is 12.6 Å². The first-order chi connectivity index (χ1) is 10.2. The minimum Gasteiger partial charge on any atom is -0.394 e. The van der Waals surface area contributed by atoms with Crippen LogP contribution in [-0.4, -0.2) is 44.1 Å². The fourth-order valence-electron chi connectivity index (χ4n) is 2.68. The summed E-state index contributed by atoms with van der Waals surface area (Å²) in [6.45, 7) is 7.73. The molecule has 0 amide bonds. The molecule has 0 aliphatic carbocycles. The normalized spacial score (nSPS) is 20.6. The molecule has 4 nitrogen and oxygen atoms in total. The van der Waals surface area contributed by atoms with Gasteiger partial charge < -0.3 is 20.1 Å². The van der Waals surface area contributed by atoms with Gasteiger partial charge in [0.25, 0.3) is 0 Å².